The van der Waals surface area contributed by atoms with Crippen LogP contribution in [0, 0.1) is 0 Å². The predicted molar refractivity (Wildman–Crippen MR) is 109 cm³/mol. The number of rotatable bonds is 13. The Labute approximate surface area is 160 Å². The Kier molecular flexibility index (Phi) is 9.30. The van der Waals surface area contributed by atoms with Crippen LogP contribution in [0.25, 0.3) is 0 Å². The molecule has 0 N–H and O–H groups in total. The molecule has 0 unspecified atom stereocenters. The minimum absolute atomic E-state index is 0.467. The maximum Gasteiger partial charge on any atom is 0.495 e. The van der Waals surface area contributed by atoms with E-state index in [0.29, 0.717) is 12.1 Å². The lowest BCUT2D eigenvalue weighted by molar-refractivity contribution is 0.122. The molecule has 9 heteroatoms. The van der Waals surface area contributed by atoms with Crippen LogP contribution >= 0.6 is 0 Å². The van der Waals surface area contributed by atoms with Gasteiger partial charge in [0.15, 0.2) is 0 Å². The molecule has 0 amide bonds. The van der Waals surface area contributed by atoms with E-state index in [1.165, 1.54) is 0 Å². The van der Waals surface area contributed by atoms with Gasteiger partial charge in [-0.3, -0.25) is 0 Å². The monoisotopic (exact) mass is 414 g/mol. The van der Waals surface area contributed by atoms with Gasteiger partial charge in [-0.1, -0.05) is 42.5 Å². The second-order valence-corrected chi connectivity index (χ2v) is 15.0. The normalized spacial score (nSPS) is 12.8. The first kappa shape index (κ1) is 23.2. The van der Waals surface area contributed by atoms with Crippen molar-refractivity contribution in [1.82, 2.24) is 0 Å². The fourth-order valence-electron chi connectivity index (χ4n) is 2.58. The number of allylic oxidation sites excluding steroid dienone is 2. The fourth-order valence-corrected chi connectivity index (χ4v) is 13.3. The highest BCUT2D eigenvalue weighted by Gasteiger charge is 2.54. The molecule has 1 aromatic carbocycles. The molecule has 0 bridgehead atoms. The molecule has 6 nitrogen and oxygen atoms in total. The average Bonchev–Trinajstić information content (AvgIpc) is 2.68. The Hall–Kier alpha value is -0.889. The molecule has 0 saturated heterocycles. The molecule has 0 saturated carbocycles. The summed E-state index contributed by atoms with van der Waals surface area (Å²) >= 11 is 0. The first-order valence-corrected chi connectivity index (χ1v) is 14.4. The quantitative estimate of drug-likeness (QED) is 0.365. The zero-order valence-electron chi connectivity index (χ0n) is 16.3. The summed E-state index contributed by atoms with van der Waals surface area (Å²) < 4.78 is 35.8. The van der Waals surface area contributed by atoms with Crippen molar-refractivity contribution in [3.8, 4) is 0 Å². The summed E-state index contributed by atoms with van der Waals surface area (Å²) in [6.07, 6.45) is 3.47. The van der Waals surface area contributed by atoms with E-state index in [-0.39, 0.29) is 0 Å². The Bertz CT molecular complexity index is 533. The highest BCUT2D eigenvalue weighted by Crippen LogP contribution is 2.26. The maximum absolute atomic E-state index is 6.54. The summed E-state index contributed by atoms with van der Waals surface area (Å²) in [4.78, 5) is 0. The third-order valence-electron chi connectivity index (χ3n) is 4.03. The minimum Gasteiger partial charge on any atom is -0.390 e. The second-order valence-electron chi connectivity index (χ2n) is 5.68. The smallest absolute Gasteiger partial charge is 0.390 e. The van der Waals surface area contributed by atoms with Crippen LogP contribution in [-0.2, 0) is 25.9 Å². The summed E-state index contributed by atoms with van der Waals surface area (Å²) in [6, 6.07) is 10.7. The van der Waals surface area contributed by atoms with Crippen molar-refractivity contribution in [1.29, 1.82) is 0 Å². The number of hydrogen-bond donors (Lipinski definition) is 0. The molecule has 0 radical (unpaired) electrons. The third-order valence-corrected chi connectivity index (χ3v) is 15.1. The van der Waals surface area contributed by atoms with Crippen molar-refractivity contribution < 1.29 is 25.9 Å². The van der Waals surface area contributed by atoms with E-state index in [0.717, 1.165) is 5.19 Å². The Morgan fingerprint density at radius 1 is 0.769 bits per heavy atom. The highest BCUT2D eigenvalue weighted by molar-refractivity contribution is 6.91. The lowest BCUT2D eigenvalue weighted by atomic mass is 10.4. The molecule has 0 aliphatic carbocycles. The molecule has 1 rings (SSSR count). The standard InChI is InChI=1S/C17H30O6Si3/c1-8-15-25(18-3,19-4)22-24(7,17-13-11-10-12-14-17)23-26(20-5,21-6)16-9-2/h8-14H,1-2,15-16H2,3-7H3. The largest absolute Gasteiger partial charge is 0.495 e. The van der Waals surface area contributed by atoms with Crippen LogP contribution < -0.4 is 5.19 Å². The van der Waals surface area contributed by atoms with Crippen LogP contribution in [0.4, 0.5) is 0 Å². The van der Waals surface area contributed by atoms with Gasteiger partial charge in [-0.2, -0.15) is 0 Å². The van der Waals surface area contributed by atoms with Gasteiger partial charge in [0.05, 0.1) is 0 Å². The van der Waals surface area contributed by atoms with Crippen molar-refractivity contribution in [2.24, 2.45) is 0 Å². The summed E-state index contributed by atoms with van der Waals surface area (Å²) in [7, 11) is -2.70. The summed E-state index contributed by atoms with van der Waals surface area (Å²) in [5.41, 5.74) is 0. The van der Waals surface area contributed by atoms with E-state index in [9.17, 15) is 0 Å². The molecule has 26 heavy (non-hydrogen) atoms. The van der Waals surface area contributed by atoms with Crippen molar-refractivity contribution in [2.45, 2.75) is 18.6 Å². The van der Waals surface area contributed by atoms with Crippen molar-refractivity contribution >= 4 is 31.4 Å². The van der Waals surface area contributed by atoms with Crippen LogP contribution in [0.5, 0.6) is 0 Å². The van der Waals surface area contributed by atoms with Gasteiger partial charge in [-0.25, -0.2) is 0 Å². The fraction of sp³-hybridized carbons (Fsp3) is 0.412. The van der Waals surface area contributed by atoms with Gasteiger partial charge in [0.1, 0.15) is 0 Å². The van der Waals surface area contributed by atoms with Crippen LogP contribution in [-0.4, -0.2) is 54.6 Å². The zero-order valence-corrected chi connectivity index (χ0v) is 19.3. The van der Waals surface area contributed by atoms with Crippen LogP contribution in [0.2, 0.25) is 18.6 Å². The zero-order chi connectivity index (χ0) is 19.7. The molecule has 0 aromatic heterocycles. The van der Waals surface area contributed by atoms with Crippen LogP contribution in [0.15, 0.2) is 55.6 Å². The third kappa shape index (κ3) is 5.55. The Morgan fingerprint density at radius 2 is 1.15 bits per heavy atom. The molecule has 0 aliphatic heterocycles. The van der Waals surface area contributed by atoms with E-state index in [4.69, 9.17) is 25.9 Å². The molecule has 0 atom stereocenters. The molecule has 0 spiro atoms. The topological polar surface area (TPSA) is 55.4 Å². The first-order valence-electron chi connectivity index (χ1n) is 8.27. The number of hydrogen-bond acceptors (Lipinski definition) is 6. The predicted octanol–water partition coefficient (Wildman–Crippen LogP) is 2.83. The SMILES string of the molecule is C=CC[Si](OC)(OC)O[Si](C)(O[Si](CC=C)(OC)OC)c1ccccc1. The summed E-state index contributed by atoms with van der Waals surface area (Å²) in [6.45, 7) is 9.54. The van der Waals surface area contributed by atoms with Gasteiger partial charge in [-0.05, 0) is 11.7 Å². The van der Waals surface area contributed by atoms with Gasteiger partial charge in [-0.15, -0.1) is 13.2 Å². The average molecular weight is 415 g/mol. The summed E-state index contributed by atoms with van der Waals surface area (Å²) in [5.74, 6) is 0. The molecular weight excluding hydrogens is 384 g/mol. The Balaban J connectivity index is 3.39. The van der Waals surface area contributed by atoms with Crippen molar-refractivity contribution in [3.05, 3.63) is 55.6 Å². The number of benzene rings is 1. The van der Waals surface area contributed by atoms with Crippen LogP contribution in [0.3, 0.4) is 0 Å². The molecule has 0 heterocycles. The maximum atomic E-state index is 6.54. The van der Waals surface area contributed by atoms with Crippen LogP contribution in [0.1, 0.15) is 0 Å². The molecule has 0 fully saturated rings. The summed E-state index contributed by atoms with van der Waals surface area (Å²) in [5, 5.41) is 0.935. The highest BCUT2D eigenvalue weighted by atomic mass is 28.5. The first-order chi connectivity index (χ1) is 12.4. The molecule has 146 valence electrons. The van der Waals surface area contributed by atoms with Gasteiger partial charge in [0.2, 0.25) is 0 Å². The van der Waals surface area contributed by atoms with Gasteiger partial charge >= 0.3 is 26.2 Å². The lowest BCUT2D eigenvalue weighted by Crippen LogP contribution is -2.65. The van der Waals surface area contributed by atoms with Crippen molar-refractivity contribution in [2.75, 3.05) is 28.4 Å². The molecular formula is C17H30O6Si3. The van der Waals surface area contributed by atoms with E-state index in [1.54, 1.807) is 40.6 Å². The minimum atomic E-state index is -3.03. The van der Waals surface area contributed by atoms with Crippen molar-refractivity contribution in [3.63, 3.8) is 0 Å². The van der Waals surface area contributed by atoms with Gasteiger partial charge in [0, 0.05) is 40.5 Å². The van der Waals surface area contributed by atoms with Gasteiger partial charge < -0.3 is 25.9 Å². The molecule has 0 aliphatic rings. The second kappa shape index (κ2) is 10.4. The Morgan fingerprint density at radius 3 is 1.46 bits per heavy atom. The van der Waals surface area contributed by atoms with E-state index in [1.807, 2.05) is 36.9 Å². The lowest BCUT2D eigenvalue weighted by Gasteiger charge is -2.40. The van der Waals surface area contributed by atoms with E-state index in [2.05, 4.69) is 13.2 Å². The van der Waals surface area contributed by atoms with Gasteiger partial charge in [0.25, 0.3) is 0 Å². The van der Waals surface area contributed by atoms with E-state index < -0.39 is 26.2 Å². The van der Waals surface area contributed by atoms with E-state index >= 15 is 0 Å². The molecule has 1 aromatic rings.